The van der Waals surface area contributed by atoms with Crippen LogP contribution in [0.4, 0.5) is 0 Å². The summed E-state index contributed by atoms with van der Waals surface area (Å²) in [5, 5.41) is 8.61. The van der Waals surface area contributed by atoms with Crippen molar-refractivity contribution in [2.75, 3.05) is 32.8 Å². The Balaban J connectivity index is 0.00000243. The minimum absolute atomic E-state index is 0. The number of thiophene rings is 1. The second-order valence-electron chi connectivity index (χ2n) is 6.47. The second-order valence-corrected chi connectivity index (χ2v) is 7.47. The number of amides is 1. The molecule has 2 N–H and O–H groups in total. The quantitative estimate of drug-likeness (QED) is 0.364. The first-order valence-corrected chi connectivity index (χ1v) is 10.1. The average Bonchev–Trinajstić information content (AvgIpc) is 3.30. The van der Waals surface area contributed by atoms with Gasteiger partial charge in [0.05, 0.1) is 12.6 Å². The van der Waals surface area contributed by atoms with Gasteiger partial charge in [0.1, 0.15) is 0 Å². The molecule has 1 unspecified atom stereocenters. The Kier molecular flexibility index (Phi) is 9.13. The van der Waals surface area contributed by atoms with E-state index in [0.29, 0.717) is 19.5 Å². The highest BCUT2D eigenvalue weighted by molar-refractivity contribution is 14.0. The number of hydrogen-bond acceptors (Lipinski definition) is 4. The summed E-state index contributed by atoms with van der Waals surface area (Å²) in [5.41, 5.74) is 1.31. The van der Waals surface area contributed by atoms with Gasteiger partial charge in [-0.25, -0.2) is 0 Å². The minimum Gasteiger partial charge on any atom is -0.376 e. The van der Waals surface area contributed by atoms with Crippen molar-refractivity contribution in [3.63, 3.8) is 0 Å². The van der Waals surface area contributed by atoms with Gasteiger partial charge in [0.15, 0.2) is 5.96 Å². The summed E-state index contributed by atoms with van der Waals surface area (Å²) in [6, 6.07) is 2.14. The van der Waals surface area contributed by atoms with E-state index in [1.807, 2.05) is 11.8 Å². The van der Waals surface area contributed by atoms with Gasteiger partial charge in [-0.15, -0.1) is 35.3 Å². The van der Waals surface area contributed by atoms with Crippen molar-refractivity contribution in [2.24, 2.45) is 4.99 Å². The molecule has 0 bridgehead atoms. The number of carbonyl (C=O) groups excluding carboxylic acids is 1. The summed E-state index contributed by atoms with van der Waals surface area (Å²) < 4.78 is 5.60. The highest BCUT2D eigenvalue weighted by Crippen LogP contribution is 2.24. The van der Waals surface area contributed by atoms with E-state index in [-0.39, 0.29) is 36.0 Å². The Hall–Kier alpha value is -0.870. The molecule has 3 rings (SSSR count). The number of nitrogens with one attached hydrogen (secondary N) is 2. The van der Waals surface area contributed by atoms with Gasteiger partial charge in [0, 0.05) is 44.1 Å². The first-order valence-electron chi connectivity index (χ1n) is 9.23. The fourth-order valence-corrected chi connectivity index (χ4v) is 4.12. The third-order valence-corrected chi connectivity index (χ3v) is 5.64. The van der Waals surface area contributed by atoms with E-state index >= 15 is 0 Å². The van der Waals surface area contributed by atoms with Crippen LogP contribution in [0, 0.1) is 0 Å². The Labute approximate surface area is 176 Å². The highest BCUT2D eigenvalue weighted by Gasteiger charge is 2.21. The number of halogens is 1. The third kappa shape index (κ3) is 6.09. The van der Waals surface area contributed by atoms with E-state index in [2.05, 4.69) is 27.1 Å². The molecule has 1 amide bonds. The van der Waals surface area contributed by atoms with Crippen LogP contribution in [-0.4, -0.2) is 55.7 Å². The maximum Gasteiger partial charge on any atom is 0.224 e. The summed E-state index contributed by atoms with van der Waals surface area (Å²) in [6.45, 7) is 6.56. The molecule has 6 nitrogen and oxygen atoms in total. The number of nitrogens with zero attached hydrogens (tertiary/aromatic N) is 2. The molecule has 0 saturated carbocycles. The van der Waals surface area contributed by atoms with Crippen molar-refractivity contribution >= 4 is 47.2 Å². The smallest absolute Gasteiger partial charge is 0.224 e. The lowest BCUT2D eigenvalue weighted by Crippen LogP contribution is -2.41. The Morgan fingerprint density at radius 1 is 1.46 bits per heavy atom. The lowest BCUT2D eigenvalue weighted by atomic mass is 10.1. The monoisotopic (exact) mass is 492 g/mol. The molecule has 2 aliphatic heterocycles. The standard InChI is InChI=1S/C18H28N4O2S.HI/c1-2-19-18(21-12-15-4-3-10-24-15)20-8-5-17(23)22-9-6-16-14(13-22)7-11-25-16;/h7,11,15H,2-6,8-10,12-13H2,1H3,(H2,19,20,21);1H. The molecule has 1 aromatic rings. The number of ether oxygens (including phenoxy) is 1. The van der Waals surface area contributed by atoms with E-state index in [1.54, 1.807) is 11.3 Å². The van der Waals surface area contributed by atoms with E-state index < -0.39 is 0 Å². The van der Waals surface area contributed by atoms with Crippen LogP contribution < -0.4 is 10.6 Å². The van der Waals surface area contributed by atoms with Crippen LogP contribution in [0.3, 0.4) is 0 Å². The first-order chi connectivity index (χ1) is 12.3. The molecule has 0 radical (unpaired) electrons. The van der Waals surface area contributed by atoms with Crippen molar-refractivity contribution in [3.05, 3.63) is 21.9 Å². The molecule has 8 heteroatoms. The van der Waals surface area contributed by atoms with Crippen LogP contribution >= 0.6 is 35.3 Å². The molecule has 3 heterocycles. The molecule has 2 aliphatic rings. The van der Waals surface area contributed by atoms with Gasteiger partial charge < -0.3 is 20.3 Å². The molecule has 1 aromatic heterocycles. The number of fused-ring (bicyclic) bond motifs is 1. The SMILES string of the molecule is CCNC(=NCC1CCCO1)NCCC(=O)N1CCc2sccc2C1.I. The average molecular weight is 492 g/mol. The van der Waals surface area contributed by atoms with E-state index in [1.165, 1.54) is 10.4 Å². The van der Waals surface area contributed by atoms with Gasteiger partial charge in [0.25, 0.3) is 0 Å². The van der Waals surface area contributed by atoms with Crippen LogP contribution in [0.1, 0.15) is 36.6 Å². The van der Waals surface area contributed by atoms with E-state index in [9.17, 15) is 4.79 Å². The maximum atomic E-state index is 12.4. The summed E-state index contributed by atoms with van der Waals surface area (Å²) in [4.78, 5) is 20.4. The van der Waals surface area contributed by atoms with Crippen LogP contribution in [0.5, 0.6) is 0 Å². The van der Waals surface area contributed by atoms with Crippen molar-refractivity contribution in [1.29, 1.82) is 0 Å². The van der Waals surface area contributed by atoms with E-state index in [4.69, 9.17) is 4.74 Å². The largest absolute Gasteiger partial charge is 0.376 e. The fourth-order valence-electron chi connectivity index (χ4n) is 3.23. The summed E-state index contributed by atoms with van der Waals surface area (Å²) in [6.07, 6.45) is 3.92. The number of hydrogen-bond donors (Lipinski definition) is 2. The summed E-state index contributed by atoms with van der Waals surface area (Å²) >= 11 is 1.80. The molecule has 0 spiro atoms. The normalized spacial score (nSPS) is 19.7. The number of aliphatic imine (C=N–C) groups is 1. The van der Waals surface area contributed by atoms with Gasteiger partial charge in [-0.3, -0.25) is 9.79 Å². The molecule has 0 aromatic carbocycles. The van der Waals surface area contributed by atoms with Crippen molar-refractivity contribution < 1.29 is 9.53 Å². The van der Waals surface area contributed by atoms with Crippen LogP contribution in [-0.2, 0) is 22.5 Å². The van der Waals surface area contributed by atoms with Gasteiger partial charge in [-0.05, 0) is 43.2 Å². The predicted octanol–water partition coefficient (Wildman–Crippen LogP) is 2.38. The lowest BCUT2D eigenvalue weighted by Gasteiger charge is -2.27. The molecular formula is C18H29IN4O2S. The molecule has 1 fully saturated rings. The lowest BCUT2D eigenvalue weighted by molar-refractivity contribution is -0.131. The minimum atomic E-state index is 0. The molecule has 146 valence electrons. The van der Waals surface area contributed by atoms with Crippen LogP contribution in [0.2, 0.25) is 0 Å². The Morgan fingerprint density at radius 2 is 2.35 bits per heavy atom. The zero-order chi connectivity index (χ0) is 17.5. The molecule has 1 saturated heterocycles. The first kappa shape index (κ1) is 21.4. The molecular weight excluding hydrogens is 463 g/mol. The van der Waals surface area contributed by atoms with Gasteiger partial charge >= 0.3 is 0 Å². The molecule has 1 atom stereocenters. The fraction of sp³-hybridized carbons (Fsp3) is 0.667. The van der Waals surface area contributed by atoms with Gasteiger partial charge in [-0.1, -0.05) is 0 Å². The number of rotatable bonds is 6. The van der Waals surface area contributed by atoms with Crippen molar-refractivity contribution in [1.82, 2.24) is 15.5 Å². The van der Waals surface area contributed by atoms with Crippen LogP contribution in [0.25, 0.3) is 0 Å². The van der Waals surface area contributed by atoms with Crippen molar-refractivity contribution in [3.8, 4) is 0 Å². The summed E-state index contributed by atoms with van der Waals surface area (Å²) in [7, 11) is 0. The Morgan fingerprint density at radius 3 is 3.12 bits per heavy atom. The van der Waals surface area contributed by atoms with Crippen molar-refractivity contribution in [2.45, 2.75) is 45.3 Å². The second kappa shape index (κ2) is 11.1. The van der Waals surface area contributed by atoms with Crippen LogP contribution in [0.15, 0.2) is 16.4 Å². The Bertz CT molecular complexity index is 602. The highest BCUT2D eigenvalue weighted by atomic mass is 127. The van der Waals surface area contributed by atoms with E-state index in [0.717, 1.165) is 51.5 Å². The topological polar surface area (TPSA) is 66.0 Å². The molecule has 26 heavy (non-hydrogen) atoms. The summed E-state index contributed by atoms with van der Waals surface area (Å²) in [5.74, 6) is 0.976. The number of carbonyl (C=O) groups is 1. The van der Waals surface area contributed by atoms with Gasteiger partial charge in [0.2, 0.25) is 5.91 Å². The maximum absolute atomic E-state index is 12.4. The zero-order valence-electron chi connectivity index (χ0n) is 15.3. The molecule has 0 aliphatic carbocycles. The van der Waals surface area contributed by atoms with Gasteiger partial charge in [-0.2, -0.15) is 0 Å². The number of guanidine groups is 1. The zero-order valence-corrected chi connectivity index (χ0v) is 18.5. The predicted molar refractivity (Wildman–Crippen MR) is 116 cm³/mol. The third-order valence-electron chi connectivity index (χ3n) is 4.61.